The maximum Gasteiger partial charge on any atom is 0.251 e. The molecule has 1 aliphatic rings. The van der Waals surface area contributed by atoms with Gasteiger partial charge >= 0.3 is 0 Å². The zero-order valence-electron chi connectivity index (χ0n) is 17.5. The second-order valence-electron chi connectivity index (χ2n) is 7.94. The van der Waals surface area contributed by atoms with Gasteiger partial charge < -0.3 is 15.4 Å². The number of aromatic nitrogens is 1. The Hall–Kier alpha value is -3.58. The second kappa shape index (κ2) is 9.28. The van der Waals surface area contributed by atoms with Crippen molar-refractivity contribution in [1.29, 1.82) is 0 Å². The lowest BCUT2D eigenvalue weighted by atomic mass is 9.90. The molecule has 0 spiro atoms. The molecule has 2 N–H and O–H groups in total. The molecule has 2 amide bonds. The summed E-state index contributed by atoms with van der Waals surface area (Å²) in [5.41, 5.74) is 7.95. The Morgan fingerprint density at radius 2 is 1.72 bits per heavy atom. The SMILES string of the molecule is NC(=O)[C@@]1(Cc2ccc(-c3ccc(F)cc3)cc2)CN(C(=O)Cc2cccnc2)CCO1. The molecule has 3 aromatic rings. The molecule has 4 rings (SSSR count). The third kappa shape index (κ3) is 4.84. The molecule has 1 aliphatic heterocycles. The summed E-state index contributed by atoms with van der Waals surface area (Å²) in [5, 5.41) is 0. The van der Waals surface area contributed by atoms with E-state index in [1.807, 2.05) is 30.3 Å². The van der Waals surface area contributed by atoms with Crippen molar-refractivity contribution in [2.75, 3.05) is 19.7 Å². The van der Waals surface area contributed by atoms with E-state index in [0.717, 1.165) is 22.3 Å². The van der Waals surface area contributed by atoms with Crippen LogP contribution in [0.15, 0.2) is 73.1 Å². The largest absolute Gasteiger partial charge is 0.367 e. The van der Waals surface area contributed by atoms with Gasteiger partial charge in [-0.1, -0.05) is 42.5 Å². The molecule has 0 aliphatic carbocycles. The Morgan fingerprint density at radius 3 is 2.34 bits per heavy atom. The van der Waals surface area contributed by atoms with Gasteiger partial charge in [-0.3, -0.25) is 14.6 Å². The zero-order valence-corrected chi connectivity index (χ0v) is 17.5. The average Bonchev–Trinajstić information content (AvgIpc) is 2.81. The van der Waals surface area contributed by atoms with Crippen LogP contribution in [0.3, 0.4) is 0 Å². The van der Waals surface area contributed by atoms with Crippen LogP contribution in [-0.2, 0) is 27.2 Å². The molecule has 7 heteroatoms. The molecule has 1 fully saturated rings. The monoisotopic (exact) mass is 433 g/mol. The third-order valence-corrected chi connectivity index (χ3v) is 5.69. The van der Waals surface area contributed by atoms with Crippen molar-refractivity contribution in [3.63, 3.8) is 0 Å². The zero-order chi connectivity index (χ0) is 22.6. The number of nitrogens with two attached hydrogens (primary N) is 1. The first-order valence-electron chi connectivity index (χ1n) is 10.4. The fourth-order valence-corrected chi connectivity index (χ4v) is 3.92. The van der Waals surface area contributed by atoms with Crippen LogP contribution in [0, 0.1) is 5.82 Å². The second-order valence-corrected chi connectivity index (χ2v) is 7.94. The number of ether oxygens (including phenoxy) is 1. The van der Waals surface area contributed by atoms with E-state index in [1.165, 1.54) is 12.1 Å². The van der Waals surface area contributed by atoms with Gasteiger partial charge in [0.25, 0.3) is 5.91 Å². The number of amides is 2. The van der Waals surface area contributed by atoms with Gasteiger partial charge in [0.15, 0.2) is 5.60 Å². The van der Waals surface area contributed by atoms with Crippen LogP contribution in [-0.4, -0.2) is 47.0 Å². The van der Waals surface area contributed by atoms with E-state index in [2.05, 4.69) is 4.98 Å². The highest BCUT2D eigenvalue weighted by molar-refractivity contribution is 5.86. The number of hydrogen-bond acceptors (Lipinski definition) is 4. The predicted octanol–water partition coefficient (Wildman–Crippen LogP) is 2.76. The van der Waals surface area contributed by atoms with Gasteiger partial charge in [-0.25, -0.2) is 4.39 Å². The molecule has 32 heavy (non-hydrogen) atoms. The Bertz CT molecular complexity index is 1090. The van der Waals surface area contributed by atoms with Crippen LogP contribution >= 0.6 is 0 Å². The smallest absolute Gasteiger partial charge is 0.251 e. The van der Waals surface area contributed by atoms with E-state index >= 15 is 0 Å². The lowest BCUT2D eigenvalue weighted by Crippen LogP contribution is -2.61. The van der Waals surface area contributed by atoms with Gasteiger partial charge in [0.2, 0.25) is 5.91 Å². The summed E-state index contributed by atoms with van der Waals surface area (Å²) in [7, 11) is 0. The Kier molecular flexibility index (Phi) is 6.28. The minimum atomic E-state index is -1.29. The third-order valence-electron chi connectivity index (χ3n) is 5.69. The first-order chi connectivity index (χ1) is 15.4. The fraction of sp³-hybridized carbons (Fsp3) is 0.240. The summed E-state index contributed by atoms with van der Waals surface area (Å²) in [4.78, 5) is 30.9. The van der Waals surface area contributed by atoms with Crippen LogP contribution < -0.4 is 5.73 Å². The van der Waals surface area contributed by atoms with Gasteiger partial charge in [-0.05, 0) is 40.5 Å². The van der Waals surface area contributed by atoms with Crippen LogP contribution in [0.2, 0.25) is 0 Å². The van der Waals surface area contributed by atoms with E-state index in [4.69, 9.17) is 10.5 Å². The minimum Gasteiger partial charge on any atom is -0.367 e. The quantitative estimate of drug-likeness (QED) is 0.648. The van der Waals surface area contributed by atoms with Gasteiger partial charge in [0.05, 0.1) is 19.6 Å². The summed E-state index contributed by atoms with van der Waals surface area (Å²) in [6, 6.07) is 17.5. The van der Waals surface area contributed by atoms with Crippen molar-refractivity contribution in [3.05, 3.63) is 90.0 Å². The van der Waals surface area contributed by atoms with Gasteiger partial charge in [0, 0.05) is 25.4 Å². The average molecular weight is 433 g/mol. The van der Waals surface area contributed by atoms with Crippen LogP contribution in [0.25, 0.3) is 11.1 Å². The van der Waals surface area contributed by atoms with Crippen molar-refractivity contribution < 1.29 is 18.7 Å². The summed E-state index contributed by atoms with van der Waals surface area (Å²) in [6.07, 6.45) is 3.77. The molecule has 0 bridgehead atoms. The molecule has 0 saturated carbocycles. The molecule has 1 saturated heterocycles. The van der Waals surface area contributed by atoms with E-state index in [9.17, 15) is 14.0 Å². The number of morpholine rings is 1. The first kappa shape index (κ1) is 21.6. The number of halogens is 1. The van der Waals surface area contributed by atoms with Gasteiger partial charge in [0.1, 0.15) is 5.82 Å². The molecular weight excluding hydrogens is 409 g/mol. The molecule has 1 atom stereocenters. The number of pyridine rings is 1. The Labute approximate surface area is 185 Å². The number of carbonyl (C=O) groups excluding carboxylic acids is 2. The standard InChI is InChI=1S/C25H24FN3O3/c26-22-9-7-21(8-10-22)20-5-3-18(4-6-20)15-25(24(27)31)17-29(12-13-32-25)23(30)14-19-2-1-11-28-16-19/h1-11,16H,12-15,17H2,(H2,27,31)/t25-/m1/s1. The summed E-state index contributed by atoms with van der Waals surface area (Å²) in [5.74, 6) is -0.983. The highest BCUT2D eigenvalue weighted by Crippen LogP contribution is 2.26. The van der Waals surface area contributed by atoms with E-state index in [-0.39, 0.29) is 37.7 Å². The molecule has 1 aromatic heterocycles. The van der Waals surface area contributed by atoms with Crippen LogP contribution in [0.4, 0.5) is 4.39 Å². The van der Waals surface area contributed by atoms with Crippen molar-refractivity contribution in [1.82, 2.24) is 9.88 Å². The highest BCUT2D eigenvalue weighted by atomic mass is 19.1. The van der Waals surface area contributed by atoms with Crippen LogP contribution in [0.5, 0.6) is 0 Å². The van der Waals surface area contributed by atoms with Crippen molar-refractivity contribution >= 4 is 11.8 Å². The summed E-state index contributed by atoms with van der Waals surface area (Å²) in [6.45, 7) is 0.730. The molecule has 6 nitrogen and oxygen atoms in total. The summed E-state index contributed by atoms with van der Waals surface area (Å²) < 4.78 is 19.0. The van der Waals surface area contributed by atoms with E-state index < -0.39 is 11.5 Å². The normalized spacial score (nSPS) is 18.3. The number of primary amides is 1. The Morgan fingerprint density at radius 1 is 1.03 bits per heavy atom. The van der Waals surface area contributed by atoms with Gasteiger partial charge in [-0.15, -0.1) is 0 Å². The first-order valence-corrected chi connectivity index (χ1v) is 10.4. The molecule has 0 radical (unpaired) electrons. The lowest BCUT2D eigenvalue weighted by Gasteiger charge is -2.40. The molecule has 0 unspecified atom stereocenters. The van der Waals surface area contributed by atoms with Gasteiger partial charge in [-0.2, -0.15) is 0 Å². The number of carbonyl (C=O) groups is 2. The predicted molar refractivity (Wildman–Crippen MR) is 118 cm³/mol. The van der Waals surface area contributed by atoms with E-state index in [1.54, 1.807) is 35.5 Å². The van der Waals surface area contributed by atoms with Crippen LogP contribution in [0.1, 0.15) is 11.1 Å². The maximum atomic E-state index is 13.2. The molecular formula is C25H24FN3O3. The topological polar surface area (TPSA) is 85.5 Å². The van der Waals surface area contributed by atoms with Crippen molar-refractivity contribution in [3.8, 4) is 11.1 Å². The fourth-order valence-electron chi connectivity index (χ4n) is 3.92. The number of rotatable bonds is 6. The van der Waals surface area contributed by atoms with Crippen molar-refractivity contribution in [2.24, 2.45) is 5.73 Å². The molecule has 164 valence electrons. The number of hydrogen-bond donors (Lipinski definition) is 1. The number of nitrogens with zero attached hydrogens (tertiary/aromatic N) is 2. The van der Waals surface area contributed by atoms with Crippen molar-refractivity contribution in [2.45, 2.75) is 18.4 Å². The minimum absolute atomic E-state index is 0.0984. The lowest BCUT2D eigenvalue weighted by molar-refractivity contribution is -0.163. The summed E-state index contributed by atoms with van der Waals surface area (Å²) >= 11 is 0. The highest BCUT2D eigenvalue weighted by Gasteiger charge is 2.43. The number of benzene rings is 2. The molecule has 2 aromatic carbocycles. The maximum absolute atomic E-state index is 13.2. The van der Waals surface area contributed by atoms with E-state index in [0.29, 0.717) is 6.54 Å². The molecule has 2 heterocycles. The Balaban J connectivity index is 1.49.